The number of primary sulfonamides is 1. The number of halogens is 1. The second kappa shape index (κ2) is 5.85. The van der Waals surface area contributed by atoms with Crippen molar-refractivity contribution < 1.29 is 28.2 Å². The lowest BCUT2D eigenvalue weighted by Crippen LogP contribution is -2.29. The first-order valence-electron chi connectivity index (χ1n) is 4.94. The quantitative estimate of drug-likeness (QED) is 0.647. The smallest absolute Gasteiger partial charge is 0.337 e. The Bertz CT molecular complexity index is 588. The minimum Gasteiger partial charge on any atom is -0.467 e. The number of hydrogen-bond acceptors (Lipinski definition) is 6. The van der Waals surface area contributed by atoms with Gasteiger partial charge in [-0.2, -0.15) is 0 Å². The average Bonchev–Trinajstić information content (AvgIpc) is 2.34. The number of methoxy groups -OCH3 is 1. The summed E-state index contributed by atoms with van der Waals surface area (Å²) in [6.45, 7) is 0. The molecule has 9 heteroatoms. The molecule has 0 spiro atoms. The number of sulfonamides is 1. The summed E-state index contributed by atoms with van der Waals surface area (Å²) >= 11 is 5.71. The molecule has 106 valence electrons. The Morgan fingerprint density at radius 2 is 2.00 bits per heavy atom. The summed E-state index contributed by atoms with van der Waals surface area (Å²) in [4.78, 5) is 10.7. The van der Waals surface area contributed by atoms with Crippen LogP contribution < -0.4 is 5.14 Å². The molecule has 0 saturated carbocycles. The van der Waals surface area contributed by atoms with E-state index in [0.717, 1.165) is 19.2 Å². The number of hydrogen-bond donors (Lipinski definition) is 3. The number of rotatable bonds is 4. The summed E-state index contributed by atoms with van der Waals surface area (Å²) in [5, 5.41) is 23.9. The van der Waals surface area contributed by atoms with E-state index in [1.165, 1.54) is 6.07 Å². The maximum atomic E-state index is 11.1. The van der Waals surface area contributed by atoms with Crippen molar-refractivity contribution in [3.63, 3.8) is 0 Å². The molecule has 0 saturated heterocycles. The van der Waals surface area contributed by atoms with Crippen LogP contribution in [0.5, 0.6) is 0 Å². The van der Waals surface area contributed by atoms with Crippen molar-refractivity contribution in [2.75, 3.05) is 7.11 Å². The number of esters is 1. The van der Waals surface area contributed by atoms with E-state index < -0.39 is 28.2 Å². The first-order valence-corrected chi connectivity index (χ1v) is 6.87. The molecule has 2 atom stereocenters. The van der Waals surface area contributed by atoms with Gasteiger partial charge < -0.3 is 14.9 Å². The van der Waals surface area contributed by atoms with Crippen molar-refractivity contribution in [1.29, 1.82) is 0 Å². The summed E-state index contributed by atoms with van der Waals surface area (Å²) in [5.41, 5.74) is 0.0512. The number of nitrogens with two attached hydrogens (primary N) is 1. The minimum absolute atomic E-state index is 0.0512. The molecular formula is C10H12ClNO6S. The van der Waals surface area contributed by atoms with Gasteiger partial charge in [0.15, 0.2) is 6.10 Å². The molecule has 4 N–H and O–H groups in total. The molecule has 0 heterocycles. The van der Waals surface area contributed by atoms with Gasteiger partial charge in [-0.3, -0.25) is 0 Å². The zero-order valence-corrected chi connectivity index (χ0v) is 11.4. The van der Waals surface area contributed by atoms with Crippen LogP contribution in [-0.4, -0.2) is 37.8 Å². The lowest BCUT2D eigenvalue weighted by molar-refractivity contribution is -0.156. The molecule has 7 nitrogen and oxygen atoms in total. The largest absolute Gasteiger partial charge is 0.467 e. The molecule has 1 aromatic rings. The molecule has 19 heavy (non-hydrogen) atoms. The van der Waals surface area contributed by atoms with Gasteiger partial charge in [0.2, 0.25) is 10.0 Å². The van der Waals surface area contributed by atoms with Crippen molar-refractivity contribution in [3.05, 3.63) is 28.8 Å². The highest BCUT2D eigenvalue weighted by Crippen LogP contribution is 2.26. The third-order valence-electron chi connectivity index (χ3n) is 2.35. The molecule has 0 radical (unpaired) electrons. The number of aliphatic hydroxyl groups is 2. The van der Waals surface area contributed by atoms with Gasteiger partial charge in [-0.05, 0) is 17.7 Å². The van der Waals surface area contributed by atoms with Gasteiger partial charge >= 0.3 is 5.97 Å². The highest BCUT2D eigenvalue weighted by atomic mass is 35.5. The number of aliphatic hydroxyl groups excluding tert-OH is 2. The first kappa shape index (κ1) is 15.9. The first-order chi connectivity index (χ1) is 8.68. The Morgan fingerprint density at radius 3 is 2.42 bits per heavy atom. The lowest BCUT2D eigenvalue weighted by Gasteiger charge is -2.16. The Balaban J connectivity index is 3.11. The zero-order chi connectivity index (χ0) is 14.8. The van der Waals surface area contributed by atoms with Gasteiger partial charge in [0.1, 0.15) is 11.0 Å². The molecule has 0 aromatic heterocycles. The summed E-state index contributed by atoms with van der Waals surface area (Å²) in [7, 11) is -2.93. The van der Waals surface area contributed by atoms with Crippen LogP contribution in [0.25, 0.3) is 0 Å². The Labute approximate surface area is 114 Å². The van der Waals surface area contributed by atoms with E-state index in [0.29, 0.717) is 0 Å². The fourth-order valence-corrected chi connectivity index (χ4v) is 2.46. The van der Waals surface area contributed by atoms with Crippen LogP contribution in [0, 0.1) is 0 Å². The van der Waals surface area contributed by atoms with Crippen molar-refractivity contribution in [2.24, 2.45) is 5.14 Å². The Hall–Kier alpha value is -1.19. The van der Waals surface area contributed by atoms with Crippen LogP contribution in [-0.2, 0) is 19.6 Å². The molecule has 2 unspecified atom stereocenters. The van der Waals surface area contributed by atoms with E-state index in [-0.39, 0.29) is 15.5 Å². The van der Waals surface area contributed by atoms with Crippen molar-refractivity contribution in [1.82, 2.24) is 0 Å². The predicted molar refractivity (Wildman–Crippen MR) is 65.8 cm³/mol. The summed E-state index contributed by atoms with van der Waals surface area (Å²) in [6.07, 6.45) is -3.40. The standard InChI is InChI=1S/C10H12ClNO6S/c1-18-10(15)9(14)8(13)5-2-3-7(6(11)4-5)19(12,16)17/h2-4,8-9,13-14H,1H3,(H2,12,16,17). The number of benzene rings is 1. The Kier molecular flexibility index (Phi) is 4.88. The van der Waals surface area contributed by atoms with Crippen LogP contribution >= 0.6 is 11.6 Å². The van der Waals surface area contributed by atoms with Crippen LogP contribution in [0.3, 0.4) is 0 Å². The van der Waals surface area contributed by atoms with E-state index in [9.17, 15) is 23.4 Å². The zero-order valence-electron chi connectivity index (χ0n) is 9.78. The van der Waals surface area contributed by atoms with Crippen molar-refractivity contribution in [2.45, 2.75) is 17.1 Å². The Morgan fingerprint density at radius 1 is 1.42 bits per heavy atom. The normalized spacial score (nSPS) is 14.8. The van der Waals surface area contributed by atoms with Gasteiger partial charge in [0, 0.05) is 0 Å². The van der Waals surface area contributed by atoms with Crippen molar-refractivity contribution >= 4 is 27.6 Å². The molecule has 0 aliphatic heterocycles. The SMILES string of the molecule is COC(=O)C(O)C(O)c1ccc(S(N)(=O)=O)c(Cl)c1. The van der Waals surface area contributed by atoms with Crippen LogP contribution in [0.4, 0.5) is 0 Å². The van der Waals surface area contributed by atoms with Crippen LogP contribution in [0.2, 0.25) is 5.02 Å². The number of carbonyl (C=O) groups is 1. The van der Waals surface area contributed by atoms with Gasteiger partial charge in [-0.1, -0.05) is 17.7 Å². The molecule has 1 rings (SSSR count). The van der Waals surface area contributed by atoms with Gasteiger partial charge in [-0.25, -0.2) is 18.4 Å². The number of carbonyl (C=O) groups excluding carboxylic acids is 1. The predicted octanol–water partition coefficient (Wildman–Crippen LogP) is -0.445. The monoisotopic (exact) mass is 309 g/mol. The van der Waals surface area contributed by atoms with Crippen molar-refractivity contribution in [3.8, 4) is 0 Å². The molecule has 0 bridgehead atoms. The van der Waals surface area contributed by atoms with Gasteiger partial charge in [0.05, 0.1) is 12.1 Å². The topological polar surface area (TPSA) is 127 Å². The van der Waals surface area contributed by atoms with E-state index in [4.69, 9.17) is 16.7 Å². The molecule has 0 aliphatic carbocycles. The van der Waals surface area contributed by atoms with E-state index in [2.05, 4.69) is 4.74 Å². The molecular weight excluding hydrogens is 298 g/mol. The van der Waals surface area contributed by atoms with Crippen LogP contribution in [0.15, 0.2) is 23.1 Å². The summed E-state index contributed by atoms with van der Waals surface area (Å²) in [6, 6.07) is 3.35. The second-order valence-electron chi connectivity index (χ2n) is 3.65. The third-order valence-corrected chi connectivity index (χ3v) is 3.74. The van der Waals surface area contributed by atoms with Crippen LogP contribution in [0.1, 0.15) is 11.7 Å². The van der Waals surface area contributed by atoms with E-state index in [1.807, 2.05) is 0 Å². The van der Waals surface area contributed by atoms with Gasteiger partial charge in [0.25, 0.3) is 0 Å². The van der Waals surface area contributed by atoms with E-state index in [1.54, 1.807) is 0 Å². The minimum atomic E-state index is -3.98. The highest BCUT2D eigenvalue weighted by molar-refractivity contribution is 7.89. The third kappa shape index (κ3) is 3.64. The highest BCUT2D eigenvalue weighted by Gasteiger charge is 2.27. The average molecular weight is 310 g/mol. The summed E-state index contributed by atoms with van der Waals surface area (Å²) < 4.78 is 26.5. The van der Waals surface area contributed by atoms with Gasteiger partial charge in [-0.15, -0.1) is 0 Å². The molecule has 0 amide bonds. The van der Waals surface area contributed by atoms with E-state index >= 15 is 0 Å². The maximum absolute atomic E-state index is 11.1. The maximum Gasteiger partial charge on any atom is 0.337 e. The fraction of sp³-hybridized carbons (Fsp3) is 0.300. The molecule has 0 aliphatic rings. The fourth-order valence-electron chi connectivity index (χ4n) is 1.36. The summed E-state index contributed by atoms with van der Waals surface area (Å²) in [5.74, 6) is -1.03. The molecule has 1 aromatic carbocycles. The number of ether oxygens (including phenoxy) is 1. The molecule has 0 fully saturated rings. The second-order valence-corrected chi connectivity index (χ2v) is 5.58. The lowest BCUT2D eigenvalue weighted by atomic mass is 10.0.